The van der Waals surface area contributed by atoms with Crippen LogP contribution in [0.25, 0.3) is 22.6 Å². The Balaban J connectivity index is 1.55. The number of carbonyl (C=O) groups excluding carboxylic acids is 1. The van der Waals surface area contributed by atoms with Gasteiger partial charge in [0.1, 0.15) is 11.3 Å². The van der Waals surface area contributed by atoms with Crippen LogP contribution in [-0.2, 0) is 0 Å². The largest absolute Gasteiger partial charge is 0.507 e. The van der Waals surface area contributed by atoms with Crippen LogP contribution in [0.2, 0.25) is 0 Å². The molecule has 0 atom stereocenters. The minimum absolute atomic E-state index is 0.0292. The Bertz CT molecular complexity index is 1370. The molecule has 0 saturated heterocycles. The molecule has 162 valence electrons. The topological polar surface area (TPSA) is 87.4 Å². The first-order valence-corrected chi connectivity index (χ1v) is 10.5. The number of anilines is 1. The van der Waals surface area contributed by atoms with E-state index in [2.05, 4.69) is 15.6 Å². The highest BCUT2D eigenvalue weighted by Crippen LogP contribution is 2.34. The van der Waals surface area contributed by atoms with Crippen LogP contribution >= 0.6 is 12.2 Å². The van der Waals surface area contributed by atoms with E-state index in [0.717, 1.165) is 27.8 Å². The number of aromatic nitrogens is 1. The lowest BCUT2D eigenvalue weighted by molar-refractivity contribution is 0.0977. The van der Waals surface area contributed by atoms with E-state index in [1.165, 1.54) is 6.07 Å². The molecule has 0 fully saturated rings. The summed E-state index contributed by atoms with van der Waals surface area (Å²) in [4.78, 5) is 17.0. The Kier molecular flexibility index (Phi) is 5.67. The maximum atomic E-state index is 12.5. The van der Waals surface area contributed by atoms with E-state index in [1.54, 1.807) is 18.2 Å². The molecule has 0 aliphatic rings. The molecule has 0 unspecified atom stereocenters. The van der Waals surface area contributed by atoms with Gasteiger partial charge in [0.25, 0.3) is 5.91 Å². The summed E-state index contributed by atoms with van der Waals surface area (Å²) in [7, 11) is 0. The number of hydrogen-bond acceptors (Lipinski definition) is 5. The molecule has 32 heavy (non-hydrogen) atoms. The molecule has 1 aromatic heterocycles. The molecule has 7 heteroatoms. The second-order valence-corrected chi connectivity index (χ2v) is 8.30. The lowest BCUT2D eigenvalue weighted by Crippen LogP contribution is -2.34. The Morgan fingerprint density at radius 2 is 1.75 bits per heavy atom. The number of phenolic OH excluding ortho intramolecular Hbond substituents is 1. The zero-order chi connectivity index (χ0) is 23.0. The molecule has 1 heterocycles. The number of carbonyl (C=O) groups is 1. The van der Waals surface area contributed by atoms with E-state index in [4.69, 9.17) is 16.6 Å². The van der Waals surface area contributed by atoms with Crippen LogP contribution in [0.15, 0.2) is 52.9 Å². The van der Waals surface area contributed by atoms with Crippen molar-refractivity contribution in [2.75, 3.05) is 5.32 Å². The van der Waals surface area contributed by atoms with Crippen molar-refractivity contribution in [3.63, 3.8) is 0 Å². The van der Waals surface area contributed by atoms with Crippen molar-refractivity contribution in [2.45, 2.75) is 27.7 Å². The number of thiocarbonyl (C=S) groups is 1. The van der Waals surface area contributed by atoms with E-state index in [1.807, 2.05) is 52.0 Å². The van der Waals surface area contributed by atoms with Crippen LogP contribution in [-0.4, -0.2) is 21.1 Å². The average Bonchev–Trinajstić information content (AvgIpc) is 3.15. The standard InChI is InChI=1S/C25H23N3O3S/c1-13-9-16(4)22-20(10-13)27-24(31-22)19-12-18(7-8-21(19)29)26-25(32)28-23(30)17-6-5-14(2)15(3)11-17/h5-12,29H,1-4H3,(H2,26,28,30,32). The number of aryl methyl sites for hydroxylation is 4. The third-order valence-corrected chi connectivity index (χ3v) is 5.51. The summed E-state index contributed by atoms with van der Waals surface area (Å²) in [5, 5.41) is 16.2. The molecule has 0 spiro atoms. The van der Waals surface area contributed by atoms with Crippen molar-refractivity contribution in [1.82, 2.24) is 10.3 Å². The molecule has 4 rings (SSSR count). The molecule has 4 aromatic rings. The van der Waals surface area contributed by atoms with Gasteiger partial charge >= 0.3 is 0 Å². The lowest BCUT2D eigenvalue weighted by atomic mass is 10.1. The predicted molar refractivity (Wildman–Crippen MR) is 130 cm³/mol. The number of rotatable bonds is 3. The first-order chi connectivity index (χ1) is 15.2. The van der Waals surface area contributed by atoms with Crippen LogP contribution in [0.5, 0.6) is 5.75 Å². The summed E-state index contributed by atoms with van der Waals surface area (Å²) in [6, 6.07) is 14.3. The van der Waals surface area contributed by atoms with Crippen molar-refractivity contribution in [3.8, 4) is 17.2 Å². The highest BCUT2D eigenvalue weighted by Gasteiger charge is 2.16. The van der Waals surface area contributed by atoms with E-state index in [-0.39, 0.29) is 16.8 Å². The summed E-state index contributed by atoms with van der Waals surface area (Å²) >= 11 is 5.30. The van der Waals surface area contributed by atoms with Gasteiger partial charge in [-0.3, -0.25) is 10.1 Å². The molecule has 0 aliphatic carbocycles. The van der Waals surface area contributed by atoms with Crippen molar-refractivity contribution in [3.05, 3.63) is 76.3 Å². The smallest absolute Gasteiger partial charge is 0.257 e. The number of nitrogens with zero attached hydrogens (tertiary/aromatic N) is 1. The zero-order valence-corrected chi connectivity index (χ0v) is 19.1. The number of fused-ring (bicyclic) bond motifs is 1. The second-order valence-electron chi connectivity index (χ2n) is 7.89. The van der Waals surface area contributed by atoms with E-state index in [9.17, 15) is 9.90 Å². The maximum Gasteiger partial charge on any atom is 0.257 e. The number of hydrogen-bond donors (Lipinski definition) is 3. The summed E-state index contributed by atoms with van der Waals surface area (Å²) in [6.07, 6.45) is 0. The van der Waals surface area contributed by atoms with E-state index < -0.39 is 0 Å². The highest BCUT2D eigenvalue weighted by molar-refractivity contribution is 7.80. The fraction of sp³-hybridized carbons (Fsp3) is 0.160. The van der Waals surface area contributed by atoms with Gasteiger partial charge in [-0.2, -0.15) is 0 Å². The fourth-order valence-electron chi connectivity index (χ4n) is 3.50. The third-order valence-electron chi connectivity index (χ3n) is 5.30. The van der Waals surface area contributed by atoms with E-state index in [0.29, 0.717) is 28.3 Å². The monoisotopic (exact) mass is 445 g/mol. The van der Waals surface area contributed by atoms with Crippen LogP contribution < -0.4 is 10.6 Å². The van der Waals surface area contributed by atoms with Gasteiger partial charge in [-0.25, -0.2) is 4.98 Å². The predicted octanol–water partition coefficient (Wildman–Crippen LogP) is 5.56. The molecule has 3 aromatic carbocycles. The Labute approximate surface area is 191 Å². The minimum atomic E-state index is -0.297. The SMILES string of the molecule is Cc1cc(C)c2oc(-c3cc(NC(=S)NC(=O)c4ccc(C)c(C)c4)ccc3O)nc2c1. The van der Waals surface area contributed by atoms with Gasteiger partial charge in [0.15, 0.2) is 10.7 Å². The summed E-state index contributed by atoms with van der Waals surface area (Å²) in [5.41, 5.74) is 7.14. The number of benzene rings is 3. The van der Waals surface area contributed by atoms with Gasteiger partial charge in [-0.15, -0.1) is 0 Å². The van der Waals surface area contributed by atoms with Gasteiger partial charge in [-0.1, -0.05) is 12.1 Å². The number of nitrogens with one attached hydrogen (secondary N) is 2. The first-order valence-electron chi connectivity index (χ1n) is 10.1. The van der Waals surface area contributed by atoms with Crippen LogP contribution in [0, 0.1) is 27.7 Å². The number of aromatic hydroxyl groups is 1. The molecular weight excluding hydrogens is 422 g/mol. The first kappa shape index (κ1) is 21.5. The van der Waals surface area contributed by atoms with Crippen LogP contribution in [0.1, 0.15) is 32.6 Å². The van der Waals surface area contributed by atoms with E-state index >= 15 is 0 Å². The van der Waals surface area contributed by atoms with Gasteiger partial charge in [0.05, 0.1) is 5.56 Å². The van der Waals surface area contributed by atoms with Crippen molar-refractivity contribution >= 4 is 40.0 Å². The maximum absolute atomic E-state index is 12.5. The number of oxazole rings is 1. The average molecular weight is 446 g/mol. The Morgan fingerprint density at radius 3 is 2.50 bits per heavy atom. The summed E-state index contributed by atoms with van der Waals surface area (Å²) in [6.45, 7) is 7.90. The van der Waals surface area contributed by atoms with Gasteiger partial charge < -0.3 is 14.8 Å². The van der Waals surface area contributed by atoms with Gasteiger partial charge in [-0.05, 0) is 98.6 Å². The normalized spacial score (nSPS) is 10.9. The Morgan fingerprint density at radius 1 is 0.969 bits per heavy atom. The molecule has 0 saturated carbocycles. The molecule has 3 N–H and O–H groups in total. The number of phenols is 1. The van der Waals surface area contributed by atoms with Crippen molar-refractivity contribution < 1.29 is 14.3 Å². The lowest BCUT2D eigenvalue weighted by Gasteiger charge is -2.11. The molecule has 0 radical (unpaired) electrons. The summed E-state index contributed by atoms with van der Waals surface area (Å²) < 4.78 is 5.92. The quantitative estimate of drug-likeness (QED) is 0.283. The van der Waals surface area contributed by atoms with Crippen LogP contribution in [0.3, 0.4) is 0 Å². The molecule has 6 nitrogen and oxygen atoms in total. The third kappa shape index (κ3) is 4.33. The van der Waals surface area contributed by atoms with Crippen LogP contribution in [0.4, 0.5) is 5.69 Å². The zero-order valence-electron chi connectivity index (χ0n) is 18.2. The minimum Gasteiger partial charge on any atom is -0.507 e. The highest BCUT2D eigenvalue weighted by atomic mass is 32.1. The molecule has 1 amide bonds. The van der Waals surface area contributed by atoms with Crippen molar-refractivity contribution in [1.29, 1.82) is 0 Å². The molecule has 0 bridgehead atoms. The van der Waals surface area contributed by atoms with Gasteiger partial charge in [0, 0.05) is 11.3 Å². The second kappa shape index (κ2) is 8.43. The fourth-order valence-corrected chi connectivity index (χ4v) is 3.71. The molecule has 0 aliphatic heterocycles. The Hall–Kier alpha value is -3.71. The number of amides is 1. The molecular formula is C25H23N3O3S. The van der Waals surface area contributed by atoms with Crippen molar-refractivity contribution in [2.24, 2.45) is 0 Å². The summed E-state index contributed by atoms with van der Waals surface area (Å²) in [5.74, 6) is 0.0379. The van der Waals surface area contributed by atoms with Gasteiger partial charge in [0.2, 0.25) is 5.89 Å².